The third-order valence-electron chi connectivity index (χ3n) is 18.4. The van der Waals surface area contributed by atoms with Crippen molar-refractivity contribution in [2.24, 2.45) is 22.7 Å². The number of aryl methyl sites for hydroxylation is 4. The van der Waals surface area contributed by atoms with Crippen LogP contribution in [-0.4, -0.2) is 121 Å². The molecule has 6 aromatic rings. The average molecular weight is 1150 g/mol. The van der Waals surface area contributed by atoms with Gasteiger partial charge >= 0.3 is 0 Å². The minimum Gasteiger partial charge on any atom is -0.391 e. The largest absolute Gasteiger partial charge is 0.391 e. The van der Waals surface area contributed by atoms with E-state index in [-0.39, 0.29) is 79.4 Å². The predicted molar refractivity (Wildman–Crippen MR) is 312 cm³/mol. The predicted octanol–water partition coefficient (Wildman–Crippen LogP) is 8.91. The lowest BCUT2D eigenvalue weighted by molar-refractivity contribution is -0.144. The fraction of sp³-hybridized carbons (Fsp3) is 0.581. The molecule has 82 heavy (non-hydrogen) atoms. The molecule has 2 aromatic carbocycles. The molecule has 12 rings (SSSR count). The number of aliphatic hydroxyl groups excluding tert-OH is 2. The highest BCUT2D eigenvalue weighted by atomic mass is 32.1. The van der Waals surface area contributed by atoms with E-state index in [0.29, 0.717) is 12.3 Å². The monoisotopic (exact) mass is 1150 g/mol. The lowest BCUT2D eigenvalue weighted by Crippen LogP contribution is -2.51. The summed E-state index contributed by atoms with van der Waals surface area (Å²) in [6.07, 6.45) is 11.3. The van der Waals surface area contributed by atoms with Crippen LogP contribution in [0.1, 0.15) is 187 Å². The highest BCUT2D eigenvalue weighted by Gasteiger charge is 2.51. The highest BCUT2D eigenvalue weighted by molar-refractivity contribution is 7.13. The third-order valence-corrected chi connectivity index (χ3v) is 20.4. The Morgan fingerprint density at radius 2 is 1.13 bits per heavy atom. The van der Waals surface area contributed by atoms with Crippen LogP contribution in [0.5, 0.6) is 0 Å². The molecule has 2 saturated heterocycles. The lowest BCUT2D eigenvalue weighted by Gasteiger charge is -2.35. The van der Waals surface area contributed by atoms with Crippen molar-refractivity contribution in [3.05, 3.63) is 105 Å². The van der Waals surface area contributed by atoms with Crippen molar-refractivity contribution in [1.29, 1.82) is 0 Å². The van der Waals surface area contributed by atoms with Crippen molar-refractivity contribution in [3.8, 4) is 20.9 Å². The van der Waals surface area contributed by atoms with E-state index < -0.39 is 47.2 Å². The van der Waals surface area contributed by atoms with Crippen molar-refractivity contribution >= 4 is 46.3 Å². The van der Waals surface area contributed by atoms with Gasteiger partial charge in [0.15, 0.2) is 0 Å². The number of hydrogen-bond donors (Lipinski definition) is 4. The van der Waals surface area contributed by atoms with Crippen LogP contribution in [0.2, 0.25) is 0 Å². The van der Waals surface area contributed by atoms with E-state index in [1.165, 1.54) is 5.56 Å². The number of fused-ring (bicyclic) bond motifs is 2. The third kappa shape index (κ3) is 11.2. The van der Waals surface area contributed by atoms with Crippen LogP contribution in [0.25, 0.3) is 20.9 Å². The van der Waals surface area contributed by atoms with Crippen LogP contribution >= 0.6 is 22.7 Å². The number of β-amino-alcohol motifs (C(OH)–C–C–N with tert-alkyl or cyclic N) is 2. The number of aromatic nitrogens is 8. The molecule has 18 nitrogen and oxygen atoms in total. The molecule has 2 aliphatic heterocycles. The summed E-state index contributed by atoms with van der Waals surface area (Å²) in [6.45, 7) is 16.1. The topological polar surface area (TPSA) is 226 Å². The van der Waals surface area contributed by atoms with Gasteiger partial charge in [-0.15, -0.1) is 32.9 Å². The first kappa shape index (κ1) is 56.3. The maximum atomic E-state index is 15.1. The van der Waals surface area contributed by atoms with Crippen molar-refractivity contribution in [2.75, 3.05) is 13.1 Å². The second-order valence-electron chi connectivity index (χ2n) is 26.6. The van der Waals surface area contributed by atoms with Gasteiger partial charge < -0.3 is 30.6 Å². The Bertz CT molecular complexity index is 3380. The molecule has 6 heterocycles. The van der Waals surface area contributed by atoms with Gasteiger partial charge in [0.25, 0.3) is 0 Å². The molecule has 2 saturated carbocycles. The molecular weight excluding hydrogens is 1070 g/mol. The van der Waals surface area contributed by atoms with Crippen molar-refractivity contribution in [1.82, 2.24) is 60.4 Å². The fourth-order valence-corrected chi connectivity index (χ4v) is 15.6. The van der Waals surface area contributed by atoms with Gasteiger partial charge in [0.2, 0.25) is 23.6 Å². The minimum atomic E-state index is -0.883. The molecule has 4 fully saturated rings. The second kappa shape index (κ2) is 22.1. The van der Waals surface area contributed by atoms with Crippen LogP contribution in [-0.2, 0) is 32.0 Å². The summed E-state index contributed by atoms with van der Waals surface area (Å²) in [6, 6.07) is 9.14. The van der Waals surface area contributed by atoms with Gasteiger partial charge in [-0.25, -0.2) is 19.3 Å². The fourth-order valence-electron chi connectivity index (χ4n) is 14.0. The summed E-state index contributed by atoms with van der Waals surface area (Å²) in [5.41, 5.74) is 12.9. The molecule has 4 aliphatic carbocycles. The standard InChI is InChI=1S/C62H78N12O6S2/c1-33-53(81-31-63-33)39-17-19-43-36(21-39)11-9-10-12-47(43)65-57(77)51-24-41(75)27-71(51)60(80)56(62(6,7)8)74-30-50(68-70-74)46-26-45(46)38-16-15-37-22-40(54-34(2)64-32-82-54)18-20-44(37)48(23-38)66-58(78)52-25-42(76)28-72(52)59(79)55(61(3,4)5)73-29-49(67-69-73)35-13-14-35/h17-22,29-32,35,38,41-42,45-48,51-52,55-56,75-76H,9-16,23-28H2,1-8H3,(H,65,77)(H,66,78). The Balaban J connectivity index is 0.763. The first-order valence-corrected chi connectivity index (χ1v) is 31.4. The normalized spacial score (nSPS) is 26.3. The van der Waals surface area contributed by atoms with E-state index in [2.05, 4.69) is 72.5 Å². The number of nitrogens with one attached hydrogen (secondary N) is 2. The molecule has 434 valence electrons. The molecule has 4 N–H and O–H groups in total. The number of carbonyl (C=O) groups is 4. The summed E-state index contributed by atoms with van der Waals surface area (Å²) in [5, 5.41) is 47.4. The number of carbonyl (C=O) groups excluding carboxylic acids is 4. The Morgan fingerprint density at radius 3 is 1.66 bits per heavy atom. The van der Waals surface area contributed by atoms with Crippen LogP contribution < -0.4 is 10.6 Å². The molecule has 0 bridgehead atoms. The van der Waals surface area contributed by atoms with Crippen LogP contribution in [0.4, 0.5) is 0 Å². The second-order valence-corrected chi connectivity index (χ2v) is 28.3. The van der Waals surface area contributed by atoms with E-state index in [1.54, 1.807) is 41.8 Å². The number of nitrogens with zero attached hydrogens (tertiary/aromatic N) is 10. The molecule has 11 unspecified atom stereocenters. The van der Waals surface area contributed by atoms with Crippen LogP contribution in [0, 0.1) is 36.5 Å². The number of benzene rings is 2. The van der Waals surface area contributed by atoms with Crippen LogP contribution in [0.15, 0.2) is 59.8 Å². The maximum absolute atomic E-state index is 15.1. The highest BCUT2D eigenvalue weighted by Crippen LogP contribution is 2.56. The first-order chi connectivity index (χ1) is 39.2. The number of rotatable bonds is 13. The molecule has 4 aromatic heterocycles. The van der Waals surface area contributed by atoms with Gasteiger partial charge in [0.1, 0.15) is 24.2 Å². The Labute approximate surface area is 487 Å². The molecule has 20 heteroatoms. The first-order valence-electron chi connectivity index (χ1n) is 29.7. The maximum Gasteiger partial charge on any atom is 0.248 e. The minimum absolute atomic E-state index is 0.0405. The van der Waals surface area contributed by atoms with Gasteiger partial charge in [-0.3, -0.25) is 19.2 Å². The van der Waals surface area contributed by atoms with Gasteiger partial charge in [-0.1, -0.05) is 82.7 Å². The zero-order valence-corrected chi connectivity index (χ0v) is 50.1. The van der Waals surface area contributed by atoms with Gasteiger partial charge in [0, 0.05) is 50.2 Å². The summed E-state index contributed by atoms with van der Waals surface area (Å²) >= 11 is 3.24. The number of likely N-dealkylation sites (tertiary alicyclic amines) is 2. The van der Waals surface area contributed by atoms with Crippen molar-refractivity contribution in [3.63, 3.8) is 0 Å². The summed E-state index contributed by atoms with van der Waals surface area (Å²) in [5.74, 6) is -0.256. The molecular formula is C62H78N12O6S2. The molecule has 4 amide bonds. The summed E-state index contributed by atoms with van der Waals surface area (Å²) in [4.78, 5) is 73.6. The lowest BCUT2D eigenvalue weighted by atomic mass is 9.85. The van der Waals surface area contributed by atoms with Crippen molar-refractivity contribution < 1.29 is 29.4 Å². The average Bonchev–Trinajstić information content (AvgIpc) is 3.82. The Kier molecular flexibility index (Phi) is 15.2. The zero-order chi connectivity index (χ0) is 57.5. The number of aliphatic hydroxyl groups is 2. The zero-order valence-electron chi connectivity index (χ0n) is 48.4. The van der Waals surface area contributed by atoms with Gasteiger partial charge in [-0.2, -0.15) is 0 Å². The summed E-state index contributed by atoms with van der Waals surface area (Å²) < 4.78 is 3.33. The molecule has 11 atom stereocenters. The van der Waals surface area contributed by atoms with E-state index in [4.69, 9.17) is 5.10 Å². The molecule has 6 aliphatic rings. The van der Waals surface area contributed by atoms with Crippen molar-refractivity contribution in [2.45, 2.75) is 193 Å². The number of hydrogen-bond acceptors (Lipinski definition) is 14. The Morgan fingerprint density at radius 1 is 0.622 bits per heavy atom. The van der Waals surface area contributed by atoms with Gasteiger partial charge in [-0.05, 0) is 140 Å². The SMILES string of the molecule is Cc1ncsc1-c1ccc2c(c1)CCC(C1CC1c1cn(C(C(=O)N3CC(O)CC3C(=O)NC3CCCCc4cc(-c5scnc5C)ccc43)C(C)(C)C)nn1)CC2NC(=O)C1CC(O)CN1C(=O)C(n1cc(C2CC2)nn1)C(C)(C)C. The van der Waals surface area contributed by atoms with Gasteiger partial charge in [0.05, 0.1) is 67.8 Å². The molecule has 0 radical (unpaired) electrons. The molecule has 0 spiro atoms. The van der Waals surface area contributed by atoms with E-state index in [1.807, 2.05) is 78.8 Å². The van der Waals surface area contributed by atoms with E-state index >= 15 is 4.79 Å². The summed E-state index contributed by atoms with van der Waals surface area (Å²) in [7, 11) is 0. The number of thiazole rings is 2. The van der Waals surface area contributed by atoms with E-state index in [9.17, 15) is 24.6 Å². The number of amides is 4. The van der Waals surface area contributed by atoms with Crippen LogP contribution in [0.3, 0.4) is 0 Å². The van der Waals surface area contributed by atoms with E-state index in [0.717, 1.165) is 118 Å². The Hall–Kier alpha value is -6.22. The smallest absolute Gasteiger partial charge is 0.248 e. The quantitative estimate of drug-likeness (QED) is 0.0796.